The Labute approximate surface area is 225 Å². The third kappa shape index (κ3) is 9.00. The minimum absolute atomic E-state index is 0.0287. The van der Waals surface area contributed by atoms with Crippen molar-refractivity contribution in [3.8, 4) is 17.3 Å². The number of aromatic nitrogens is 4. The van der Waals surface area contributed by atoms with E-state index in [2.05, 4.69) is 20.1 Å². The van der Waals surface area contributed by atoms with E-state index >= 15 is 0 Å². The zero-order valence-electron chi connectivity index (χ0n) is 21.8. The maximum absolute atomic E-state index is 13.2. The van der Waals surface area contributed by atoms with Gasteiger partial charge in [-0.25, -0.2) is 9.98 Å². The first-order valence-electron chi connectivity index (χ1n) is 12.5. The normalized spacial score (nSPS) is 15.1. The molecule has 9 nitrogen and oxygen atoms in total. The smallest absolute Gasteiger partial charge is 0.381 e. The number of amidine groups is 1. The lowest BCUT2D eigenvalue weighted by atomic mass is 10.1. The van der Waals surface area contributed by atoms with E-state index < -0.39 is 12.0 Å². The standard InChI is InChI=1S/C16H12F3N5O.C6H8N2.C5H10O/c1-10-5-6-21-14(11-3-4-12(7-20)22-8-11)13(10)23-15(16(17,18)19)24(2)9-25;1-4-7-8(5-1)6-2-3-6;1-2-4-6-5-3-1/h3-6,8-9H,1-2H3;1,4-6H,2-3H2;1-5H2. The Morgan fingerprint density at radius 2 is 1.92 bits per heavy atom. The number of halogens is 3. The van der Waals surface area contributed by atoms with Crippen LogP contribution in [0.1, 0.15) is 49.4 Å². The number of pyridine rings is 2. The van der Waals surface area contributed by atoms with Gasteiger partial charge in [-0.3, -0.25) is 19.4 Å². The van der Waals surface area contributed by atoms with Crippen LogP contribution in [-0.2, 0) is 9.53 Å². The number of aliphatic imine (C=N–C) groups is 1. The van der Waals surface area contributed by atoms with Gasteiger partial charge in [0.05, 0.1) is 17.4 Å². The molecule has 1 amide bonds. The van der Waals surface area contributed by atoms with Gasteiger partial charge in [-0.15, -0.1) is 0 Å². The Morgan fingerprint density at radius 1 is 1.18 bits per heavy atom. The van der Waals surface area contributed by atoms with Crippen molar-refractivity contribution in [3.63, 3.8) is 0 Å². The van der Waals surface area contributed by atoms with Gasteiger partial charge in [0.25, 0.3) is 0 Å². The van der Waals surface area contributed by atoms with E-state index in [1.165, 1.54) is 62.7 Å². The van der Waals surface area contributed by atoms with Gasteiger partial charge in [0, 0.05) is 50.6 Å². The van der Waals surface area contributed by atoms with Gasteiger partial charge >= 0.3 is 6.18 Å². The van der Waals surface area contributed by atoms with Crippen LogP contribution in [0.15, 0.2) is 54.0 Å². The molecule has 0 aromatic carbocycles. The van der Waals surface area contributed by atoms with Crippen LogP contribution in [0.4, 0.5) is 18.9 Å². The van der Waals surface area contributed by atoms with Crippen molar-refractivity contribution in [2.45, 2.75) is 51.2 Å². The number of carbonyl (C=O) groups is 1. The monoisotopic (exact) mass is 541 g/mol. The first kappa shape index (κ1) is 29.4. The Bertz CT molecular complexity index is 1250. The first-order chi connectivity index (χ1) is 18.7. The zero-order chi connectivity index (χ0) is 28.3. The van der Waals surface area contributed by atoms with Crippen molar-refractivity contribution in [1.29, 1.82) is 5.26 Å². The number of aryl methyl sites for hydroxylation is 1. The number of hydrogen-bond acceptors (Lipinski definition) is 7. The number of carbonyl (C=O) groups excluding carboxylic acids is 1. The Balaban J connectivity index is 0.000000239. The average molecular weight is 542 g/mol. The molecule has 0 N–H and O–H groups in total. The van der Waals surface area contributed by atoms with Crippen LogP contribution in [0.25, 0.3) is 11.3 Å². The molecule has 1 aliphatic heterocycles. The van der Waals surface area contributed by atoms with Gasteiger partial charge in [0.15, 0.2) is 0 Å². The van der Waals surface area contributed by atoms with Gasteiger partial charge < -0.3 is 4.74 Å². The molecule has 206 valence electrons. The van der Waals surface area contributed by atoms with Crippen LogP contribution in [-0.4, -0.2) is 63.3 Å². The summed E-state index contributed by atoms with van der Waals surface area (Å²) >= 11 is 0. The molecule has 1 aliphatic carbocycles. The molecule has 3 aromatic heterocycles. The highest BCUT2D eigenvalue weighted by Gasteiger charge is 2.39. The highest BCUT2D eigenvalue weighted by Crippen LogP contribution is 2.34. The molecule has 2 aliphatic rings. The lowest BCUT2D eigenvalue weighted by Gasteiger charge is -2.18. The van der Waals surface area contributed by atoms with E-state index in [-0.39, 0.29) is 23.5 Å². The van der Waals surface area contributed by atoms with Gasteiger partial charge in [-0.2, -0.15) is 23.5 Å². The van der Waals surface area contributed by atoms with Crippen LogP contribution < -0.4 is 0 Å². The molecule has 2 fully saturated rings. The summed E-state index contributed by atoms with van der Waals surface area (Å²) in [6.45, 7) is 3.58. The summed E-state index contributed by atoms with van der Waals surface area (Å²) in [7, 11) is 0.966. The van der Waals surface area contributed by atoms with Crippen LogP contribution >= 0.6 is 0 Å². The molecule has 0 unspecified atom stereocenters. The van der Waals surface area contributed by atoms with E-state index in [1.807, 2.05) is 29.2 Å². The molecule has 3 aromatic rings. The fraction of sp³-hybridized carbons (Fsp3) is 0.407. The molecule has 0 atom stereocenters. The molecule has 1 saturated carbocycles. The van der Waals surface area contributed by atoms with Crippen molar-refractivity contribution in [2.24, 2.45) is 4.99 Å². The van der Waals surface area contributed by atoms with E-state index in [9.17, 15) is 18.0 Å². The van der Waals surface area contributed by atoms with Crippen molar-refractivity contribution < 1.29 is 22.7 Å². The molecular formula is C27H30F3N7O2. The van der Waals surface area contributed by atoms with E-state index in [0.717, 1.165) is 26.3 Å². The number of alkyl halides is 3. The first-order valence-corrected chi connectivity index (χ1v) is 12.5. The van der Waals surface area contributed by atoms with Crippen LogP contribution in [0.2, 0.25) is 0 Å². The minimum Gasteiger partial charge on any atom is -0.381 e. The topological polar surface area (TPSA) is 109 Å². The summed E-state index contributed by atoms with van der Waals surface area (Å²) < 4.78 is 46.7. The summed E-state index contributed by atoms with van der Waals surface area (Å²) in [5.74, 6) is -1.36. The lowest BCUT2D eigenvalue weighted by Crippen LogP contribution is -2.37. The Morgan fingerprint density at radius 3 is 2.38 bits per heavy atom. The predicted molar refractivity (Wildman–Crippen MR) is 139 cm³/mol. The fourth-order valence-electron chi connectivity index (χ4n) is 3.52. The fourth-order valence-corrected chi connectivity index (χ4v) is 3.52. The Kier molecular flexibility index (Phi) is 10.7. The SMILES string of the molecule is C1CCOCC1.Cc1ccnc(-c2ccc(C#N)nc2)c1N=C(N(C)C=O)C(F)(F)F.c1cnn(C2CC2)c1. The van der Waals surface area contributed by atoms with Gasteiger partial charge in [0.1, 0.15) is 11.8 Å². The second-order valence-electron chi connectivity index (χ2n) is 8.91. The minimum atomic E-state index is -4.82. The maximum atomic E-state index is 13.2. The zero-order valence-corrected chi connectivity index (χ0v) is 21.8. The number of nitrogens with zero attached hydrogens (tertiary/aromatic N) is 7. The molecule has 1 saturated heterocycles. The highest BCUT2D eigenvalue weighted by atomic mass is 19.4. The second kappa shape index (κ2) is 14.2. The number of nitriles is 1. The molecule has 0 bridgehead atoms. The van der Waals surface area contributed by atoms with Crippen LogP contribution in [0.5, 0.6) is 0 Å². The van der Waals surface area contributed by atoms with Crippen molar-refractivity contribution in [2.75, 3.05) is 20.3 Å². The number of rotatable bonds is 4. The molecule has 5 rings (SSSR count). The third-order valence-electron chi connectivity index (χ3n) is 5.76. The predicted octanol–water partition coefficient (Wildman–Crippen LogP) is 5.41. The number of amides is 1. The molecule has 12 heteroatoms. The molecular weight excluding hydrogens is 511 g/mol. The maximum Gasteiger partial charge on any atom is 0.449 e. The van der Waals surface area contributed by atoms with E-state index in [1.54, 1.807) is 6.92 Å². The van der Waals surface area contributed by atoms with Gasteiger partial charge in [-0.05, 0) is 68.9 Å². The Hall–Kier alpha value is -4.11. The van der Waals surface area contributed by atoms with E-state index in [0.29, 0.717) is 16.0 Å². The average Bonchev–Trinajstić information content (AvgIpc) is 3.66. The molecule has 39 heavy (non-hydrogen) atoms. The molecule has 0 spiro atoms. The molecule has 4 heterocycles. The number of ether oxygens (including phenoxy) is 1. The second-order valence-corrected chi connectivity index (χ2v) is 8.91. The van der Waals surface area contributed by atoms with Crippen molar-refractivity contribution in [1.82, 2.24) is 24.6 Å². The van der Waals surface area contributed by atoms with Crippen LogP contribution in [0, 0.1) is 18.3 Å². The summed E-state index contributed by atoms with van der Waals surface area (Å²) in [5.41, 5.74) is 1.14. The summed E-state index contributed by atoms with van der Waals surface area (Å²) in [4.78, 5) is 22.8. The highest BCUT2D eigenvalue weighted by molar-refractivity contribution is 5.97. The summed E-state index contributed by atoms with van der Waals surface area (Å²) in [6, 6.07) is 9.02. The van der Waals surface area contributed by atoms with E-state index in [4.69, 9.17) is 10.00 Å². The summed E-state index contributed by atoms with van der Waals surface area (Å²) in [5, 5.41) is 12.9. The van der Waals surface area contributed by atoms with Gasteiger partial charge in [-0.1, -0.05) is 0 Å². The van der Waals surface area contributed by atoms with Crippen LogP contribution in [0.3, 0.4) is 0 Å². The summed E-state index contributed by atoms with van der Waals surface area (Å²) in [6.07, 6.45) is 8.40. The van der Waals surface area contributed by atoms with Crippen molar-refractivity contribution in [3.05, 3.63) is 60.3 Å². The number of hydrogen-bond donors (Lipinski definition) is 0. The quantitative estimate of drug-likeness (QED) is 0.248. The molecule has 0 radical (unpaired) electrons. The van der Waals surface area contributed by atoms with Gasteiger partial charge in [0.2, 0.25) is 12.2 Å². The third-order valence-corrected chi connectivity index (χ3v) is 5.76. The largest absolute Gasteiger partial charge is 0.449 e. The van der Waals surface area contributed by atoms with Crippen molar-refractivity contribution >= 4 is 17.9 Å². The lowest BCUT2D eigenvalue weighted by molar-refractivity contribution is -0.117.